The molecule has 3 saturated heterocycles. The van der Waals surface area contributed by atoms with E-state index in [0.29, 0.717) is 0 Å². The minimum absolute atomic E-state index is 0.0238. The van der Waals surface area contributed by atoms with Crippen LogP contribution in [0.1, 0.15) is 24.7 Å². The van der Waals surface area contributed by atoms with Crippen molar-refractivity contribution in [3.63, 3.8) is 0 Å². The molecule has 5 N–H and O–H groups in total. The number of nitrogens with zero attached hydrogens (tertiary/aromatic N) is 7. The summed E-state index contributed by atoms with van der Waals surface area (Å²) >= 11 is 0. The predicted molar refractivity (Wildman–Crippen MR) is 142 cm³/mol. The van der Waals surface area contributed by atoms with E-state index in [1.807, 2.05) is 0 Å². The number of aryl methyl sites for hydroxylation is 1. The van der Waals surface area contributed by atoms with Gasteiger partial charge in [0.1, 0.15) is 36.0 Å². The third-order valence-corrected chi connectivity index (χ3v) is 9.29. The fourth-order valence-corrected chi connectivity index (χ4v) is 7.29. The number of phosphoric acid groups is 1. The Morgan fingerprint density at radius 3 is 2.64 bits per heavy atom. The molecule has 23 heteroatoms. The number of aromatic amines is 1. The molecule has 3 aliphatic rings. The first-order chi connectivity index (χ1) is 20.9. The zero-order chi connectivity index (χ0) is 31.0. The maximum atomic E-state index is 15.9. The number of ether oxygens (including phenoxy) is 2. The Bertz CT molecular complexity index is 1970. The summed E-state index contributed by atoms with van der Waals surface area (Å²) < 4.78 is 87.3. The van der Waals surface area contributed by atoms with E-state index in [1.54, 1.807) is 6.92 Å². The Morgan fingerprint density at radius 1 is 1.09 bits per heavy atom. The van der Waals surface area contributed by atoms with Crippen molar-refractivity contribution in [2.75, 3.05) is 18.9 Å². The van der Waals surface area contributed by atoms with Crippen LogP contribution in [0.5, 0.6) is 0 Å². The van der Waals surface area contributed by atoms with Crippen LogP contribution in [-0.4, -0.2) is 96.1 Å². The highest BCUT2D eigenvalue weighted by Crippen LogP contribution is 2.50. The van der Waals surface area contributed by atoms with Crippen LogP contribution < -0.4 is 16.0 Å². The molecule has 0 radical (unpaired) electrons. The number of rotatable bonds is 2. The van der Waals surface area contributed by atoms with E-state index in [4.69, 9.17) is 28.4 Å². The summed E-state index contributed by atoms with van der Waals surface area (Å²) in [4.78, 5) is 45.7. The number of imidazole rings is 2. The Kier molecular flexibility index (Phi) is 7.02. The van der Waals surface area contributed by atoms with E-state index in [0.717, 1.165) is 6.33 Å². The summed E-state index contributed by atoms with van der Waals surface area (Å²) in [7, 11) is -9.57. The zero-order valence-electron chi connectivity index (χ0n) is 22.5. The summed E-state index contributed by atoms with van der Waals surface area (Å²) in [6.07, 6.45) is -6.89. The molecular weight excluding hydrogens is 634 g/mol. The van der Waals surface area contributed by atoms with E-state index in [9.17, 15) is 22.7 Å². The highest BCUT2D eigenvalue weighted by atomic mass is 32.2. The topological polar surface area (TPSA) is 263 Å². The van der Waals surface area contributed by atoms with E-state index < -0.39 is 79.9 Å². The molecule has 44 heavy (non-hydrogen) atoms. The number of hydrogen-bond donors (Lipinski definition) is 4. The standard InChI is InChI=1S/C21H24FN10O10PS/c1-8-29-18-14(19(33)30-8)27-7-32(18)20-10-2-9(39-20)4-38-43(34,35)41-15-11(3-28-44(36,37)42-10)40-21(12(15)22)31-6-26-13-16(23)24-5-25-17(13)31/h5-7,9-12,15,20-21,28H,2-4H2,1H3,(H,34,35)(H2,23,24,25)(H,29,30,33)/t9-,10+,11+,12+,15+,20+,21+/m0/s1. The minimum atomic E-state index is -4.98. The van der Waals surface area contributed by atoms with Crippen LogP contribution in [0.15, 0.2) is 23.8 Å². The van der Waals surface area contributed by atoms with Crippen LogP contribution in [0, 0.1) is 6.92 Å². The second-order valence-corrected chi connectivity index (χ2v) is 13.0. The number of halogens is 1. The van der Waals surface area contributed by atoms with Crippen molar-refractivity contribution in [1.82, 2.24) is 43.8 Å². The highest BCUT2D eigenvalue weighted by Gasteiger charge is 2.52. The van der Waals surface area contributed by atoms with Crippen molar-refractivity contribution in [3.05, 3.63) is 35.2 Å². The minimum Gasteiger partial charge on any atom is -0.382 e. The fraction of sp³-hybridized carbons (Fsp3) is 0.524. The van der Waals surface area contributed by atoms with Crippen LogP contribution in [-0.2, 0) is 37.6 Å². The lowest BCUT2D eigenvalue weighted by Crippen LogP contribution is -2.42. The summed E-state index contributed by atoms with van der Waals surface area (Å²) in [5, 5.41) is 0. The Morgan fingerprint density at radius 2 is 1.84 bits per heavy atom. The van der Waals surface area contributed by atoms with Gasteiger partial charge in [-0.3, -0.25) is 23.0 Å². The molecule has 0 aliphatic carbocycles. The smallest absolute Gasteiger partial charge is 0.382 e. The zero-order valence-corrected chi connectivity index (χ0v) is 24.2. The van der Waals surface area contributed by atoms with Crippen LogP contribution in [0.4, 0.5) is 10.2 Å². The molecule has 4 aromatic rings. The maximum absolute atomic E-state index is 15.9. The van der Waals surface area contributed by atoms with Crippen LogP contribution in [0.3, 0.4) is 0 Å². The van der Waals surface area contributed by atoms with Crippen molar-refractivity contribution in [2.45, 2.75) is 56.4 Å². The molecule has 7 rings (SSSR count). The molecule has 8 atom stereocenters. The molecule has 20 nitrogen and oxygen atoms in total. The molecule has 0 saturated carbocycles. The average molecular weight is 659 g/mol. The Hall–Kier alpha value is -3.47. The molecule has 4 aromatic heterocycles. The number of fused-ring (bicyclic) bond motifs is 5. The van der Waals surface area contributed by atoms with Gasteiger partial charge in [-0.2, -0.15) is 13.1 Å². The third-order valence-electron chi connectivity index (χ3n) is 7.29. The van der Waals surface area contributed by atoms with E-state index in [1.165, 1.54) is 21.8 Å². The molecule has 0 amide bonds. The van der Waals surface area contributed by atoms with Gasteiger partial charge in [0.05, 0.1) is 25.4 Å². The number of alkyl halides is 1. The molecular formula is C21H24FN10O10PS. The van der Waals surface area contributed by atoms with Crippen LogP contribution in [0.25, 0.3) is 22.3 Å². The van der Waals surface area contributed by atoms with Gasteiger partial charge < -0.3 is 25.1 Å². The van der Waals surface area contributed by atoms with Crippen molar-refractivity contribution in [1.29, 1.82) is 0 Å². The van der Waals surface area contributed by atoms with Gasteiger partial charge in [-0.05, 0) is 6.92 Å². The van der Waals surface area contributed by atoms with E-state index in [-0.39, 0.29) is 40.4 Å². The van der Waals surface area contributed by atoms with Crippen molar-refractivity contribution < 1.29 is 45.0 Å². The van der Waals surface area contributed by atoms with Gasteiger partial charge in [0.25, 0.3) is 5.56 Å². The van der Waals surface area contributed by atoms with Gasteiger partial charge in [0.2, 0.25) is 0 Å². The highest BCUT2D eigenvalue weighted by molar-refractivity contribution is 7.84. The monoisotopic (exact) mass is 658 g/mol. The Labute approximate surface area is 245 Å². The predicted octanol–water partition coefficient (Wildman–Crippen LogP) is -0.891. The van der Waals surface area contributed by atoms with E-state index in [2.05, 4.69) is 34.6 Å². The number of hydrogen-bond acceptors (Lipinski definition) is 15. The lowest BCUT2D eigenvalue weighted by Gasteiger charge is -2.24. The number of H-pyrrole nitrogens is 1. The normalized spacial score (nSPS) is 34.4. The van der Waals surface area contributed by atoms with Gasteiger partial charge in [0, 0.05) is 13.0 Å². The lowest BCUT2D eigenvalue weighted by molar-refractivity contribution is -0.0487. The first kappa shape index (κ1) is 29.3. The largest absolute Gasteiger partial charge is 0.472 e. The average Bonchev–Trinajstić information content (AvgIpc) is 3.72. The molecule has 236 valence electrons. The van der Waals surface area contributed by atoms with Crippen molar-refractivity contribution >= 4 is 46.3 Å². The second-order valence-electron chi connectivity index (χ2n) is 10.2. The van der Waals surface area contributed by atoms with Crippen LogP contribution >= 0.6 is 7.82 Å². The summed E-state index contributed by atoms with van der Waals surface area (Å²) in [5.74, 6) is 0.292. The number of nitrogens with two attached hydrogens (primary N) is 1. The molecule has 7 heterocycles. The van der Waals surface area contributed by atoms with Crippen molar-refractivity contribution in [2.24, 2.45) is 0 Å². The number of nitrogen functional groups attached to an aromatic ring is 1. The van der Waals surface area contributed by atoms with Crippen molar-refractivity contribution in [3.8, 4) is 0 Å². The van der Waals surface area contributed by atoms with Gasteiger partial charge >= 0.3 is 18.1 Å². The summed E-state index contributed by atoms with van der Waals surface area (Å²) in [6.45, 7) is 0.338. The maximum Gasteiger partial charge on any atom is 0.472 e. The summed E-state index contributed by atoms with van der Waals surface area (Å²) in [5.41, 5.74) is 5.62. The number of anilines is 1. The summed E-state index contributed by atoms with van der Waals surface area (Å²) in [6, 6.07) is 0. The number of nitrogens with one attached hydrogen (secondary N) is 2. The second kappa shape index (κ2) is 10.6. The Balaban J connectivity index is 1.19. The third kappa shape index (κ3) is 5.16. The molecule has 1 unspecified atom stereocenters. The molecule has 0 aromatic carbocycles. The van der Waals surface area contributed by atoms with Crippen LogP contribution in [0.2, 0.25) is 0 Å². The SMILES string of the molecule is Cc1nc2c(ncn2[C@@H]2O[C@@H]3COP(=O)(O)O[C@H]4[C@@H](F)[C@H](n5cnc6c(N)ncnc65)O[C@@H]4CNS(=O)(=O)O[C@@H]2C3)c(=O)[nH]1. The first-order valence-corrected chi connectivity index (χ1v) is 15.9. The number of phosphoric ester groups is 1. The molecule has 0 spiro atoms. The van der Waals surface area contributed by atoms with Gasteiger partial charge in [-0.25, -0.2) is 38.1 Å². The van der Waals surface area contributed by atoms with Gasteiger partial charge in [-0.15, -0.1) is 0 Å². The molecule has 2 bridgehead atoms. The number of aromatic nitrogens is 8. The van der Waals surface area contributed by atoms with Gasteiger partial charge in [-0.1, -0.05) is 0 Å². The van der Waals surface area contributed by atoms with E-state index >= 15 is 4.39 Å². The lowest BCUT2D eigenvalue weighted by atomic mass is 10.1. The quantitative estimate of drug-likeness (QED) is 0.190. The first-order valence-electron chi connectivity index (χ1n) is 13.0. The molecule has 3 fully saturated rings. The fourth-order valence-electron chi connectivity index (χ4n) is 5.38. The molecule has 3 aliphatic heterocycles. The van der Waals surface area contributed by atoms with Gasteiger partial charge in [0.15, 0.2) is 41.3 Å².